The number of urea groups is 1. The summed E-state index contributed by atoms with van der Waals surface area (Å²) in [6.45, 7) is 2.29. The second-order valence-electron chi connectivity index (χ2n) is 6.05. The van der Waals surface area contributed by atoms with Crippen LogP contribution in [0.3, 0.4) is 0 Å². The van der Waals surface area contributed by atoms with Gasteiger partial charge in [0.25, 0.3) is 0 Å². The van der Waals surface area contributed by atoms with E-state index in [9.17, 15) is 13.2 Å². The number of nitrogens with zero attached hydrogens (tertiary/aromatic N) is 3. The summed E-state index contributed by atoms with van der Waals surface area (Å²) < 4.78 is 31.3. The predicted octanol–water partition coefficient (Wildman–Crippen LogP) is 2.05. The Bertz CT molecular complexity index is 896. The molecular weight excluding hydrogens is 358 g/mol. The van der Waals surface area contributed by atoms with E-state index in [0.717, 1.165) is 19.3 Å². The van der Waals surface area contributed by atoms with Crippen molar-refractivity contribution in [3.63, 3.8) is 0 Å². The average molecular weight is 379 g/mol. The number of amides is 2. The summed E-state index contributed by atoms with van der Waals surface area (Å²) in [4.78, 5) is 18.7. The van der Waals surface area contributed by atoms with Crippen molar-refractivity contribution in [2.45, 2.75) is 37.1 Å². The lowest BCUT2D eigenvalue weighted by Gasteiger charge is -2.33. The molecule has 2 N–H and O–H groups in total. The van der Waals surface area contributed by atoms with Gasteiger partial charge in [0.2, 0.25) is 15.9 Å². The van der Waals surface area contributed by atoms with Crippen LogP contribution in [-0.4, -0.2) is 43.1 Å². The molecule has 10 heteroatoms. The lowest BCUT2D eigenvalue weighted by molar-refractivity contribution is 0.142. The molecule has 3 rings (SSSR count). The summed E-state index contributed by atoms with van der Waals surface area (Å²) in [5, 5.41) is 6.56. The monoisotopic (exact) mass is 379 g/mol. The maximum atomic E-state index is 12.7. The Labute approximate surface area is 151 Å². The van der Waals surface area contributed by atoms with E-state index in [-0.39, 0.29) is 17.0 Å². The van der Waals surface area contributed by atoms with Crippen LogP contribution in [0.15, 0.2) is 33.7 Å². The van der Waals surface area contributed by atoms with Gasteiger partial charge in [0, 0.05) is 12.2 Å². The van der Waals surface area contributed by atoms with Crippen LogP contribution in [-0.2, 0) is 10.0 Å². The highest BCUT2D eigenvalue weighted by atomic mass is 32.2. The average Bonchev–Trinajstić information content (AvgIpc) is 3.08. The SMILES string of the molecule is CNS(=O)(=O)c1cccc(NC(=O)N2CCCC[C@@H]2c2nc(C)no2)c1. The molecule has 1 aromatic carbocycles. The van der Waals surface area contributed by atoms with E-state index in [1.54, 1.807) is 24.0 Å². The minimum atomic E-state index is -3.58. The number of sulfonamides is 1. The van der Waals surface area contributed by atoms with Crippen LogP contribution in [0.5, 0.6) is 0 Å². The zero-order chi connectivity index (χ0) is 18.7. The Morgan fingerprint density at radius 3 is 2.85 bits per heavy atom. The van der Waals surface area contributed by atoms with E-state index in [2.05, 4.69) is 20.2 Å². The number of rotatable bonds is 4. The first-order valence-electron chi connectivity index (χ1n) is 8.32. The largest absolute Gasteiger partial charge is 0.337 e. The highest BCUT2D eigenvalue weighted by molar-refractivity contribution is 7.89. The second-order valence-corrected chi connectivity index (χ2v) is 7.94. The highest BCUT2D eigenvalue weighted by Crippen LogP contribution is 2.30. The van der Waals surface area contributed by atoms with Crippen molar-refractivity contribution in [1.82, 2.24) is 19.8 Å². The number of aryl methyl sites for hydroxylation is 1. The van der Waals surface area contributed by atoms with Gasteiger partial charge in [0.05, 0.1) is 4.90 Å². The van der Waals surface area contributed by atoms with Crippen LogP contribution in [0.2, 0.25) is 0 Å². The van der Waals surface area contributed by atoms with Gasteiger partial charge in [0.15, 0.2) is 5.82 Å². The number of nitrogens with one attached hydrogen (secondary N) is 2. The molecule has 1 atom stereocenters. The summed E-state index contributed by atoms with van der Waals surface area (Å²) in [7, 11) is -2.24. The summed E-state index contributed by atoms with van der Waals surface area (Å²) in [6, 6.07) is 5.49. The fraction of sp³-hybridized carbons (Fsp3) is 0.438. The quantitative estimate of drug-likeness (QED) is 0.839. The van der Waals surface area contributed by atoms with Crippen molar-refractivity contribution in [3.8, 4) is 0 Å². The molecule has 2 amide bonds. The fourth-order valence-corrected chi connectivity index (χ4v) is 3.71. The molecule has 0 saturated carbocycles. The Kier molecular flexibility index (Phi) is 5.23. The number of benzene rings is 1. The number of anilines is 1. The first-order valence-corrected chi connectivity index (χ1v) is 9.80. The summed E-state index contributed by atoms with van der Waals surface area (Å²) in [5.74, 6) is 0.944. The van der Waals surface area contributed by atoms with E-state index in [1.165, 1.54) is 19.2 Å². The fourth-order valence-electron chi connectivity index (χ4n) is 2.93. The summed E-state index contributed by atoms with van der Waals surface area (Å²) in [6.07, 6.45) is 2.58. The van der Waals surface area contributed by atoms with Gasteiger partial charge in [-0.25, -0.2) is 17.9 Å². The molecule has 1 aliphatic rings. The lowest BCUT2D eigenvalue weighted by Crippen LogP contribution is -2.41. The molecule has 1 aromatic heterocycles. The number of carbonyl (C=O) groups is 1. The van der Waals surface area contributed by atoms with E-state index < -0.39 is 10.0 Å². The van der Waals surface area contributed by atoms with Crippen molar-refractivity contribution in [2.24, 2.45) is 0 Å². The molecule has 2 aromatic rings. The number of likely N-dealkylation sites (tertiary alicyclic amines) is 1. The Morgan fingerprint density at radius 2 is 2.15 bits per heavy atom. The van der Waals surface area contributed by atoms with Gasteiger partial charge in [0.1, 0.15) is 6.04 Å². The highest BCUT2D eigenvalue weighted by Gasteiger charge is 2.32. The predicted molar refractivity (Wildman–Crippen MR) is 94.0 cm³/mol. The van der Waals surface area contributed by atoms with Gasteiger partial charge >= 0.3 is 6.03 Å². The molecule has 1 saturated heterocycles. The molecule has 9 nitrogen and oxygen atoms in total. The molecule has 140 valence electrons. The van der Waals surface area contributed by atoms with E-state index in [0.29, 0.717) is 23.9 Å². The minimum Gasteiger partial charge on any atom is -0.337 e. The molecule has 2 heterocycles. The second kappa shape index (κ2) is 7.42. The Morgan fingerprint density at radius 1 is 1.35 bits per heavy atom. The normalized spacial score (nSPS) is 17.9. The number of hydrogen-bond donors (Lipinski definition) is 2. The maximum Gasteiger partial charge on any atom is 0.322 e. The van der Waals surface area contributed by atoms with Crippen LogP contribution in [0.4, 0.5) is 10.5 Å². The molecule has 0 radical (unpaired) electrons. The zero-order valence-corrected chi connectivity index (χ0v) is 15.4. The number of aromatic nitrogens is 2. The van der Waals surface area contributed by atoms with Crippen LogP contribution < -0.4 is 10.0 Å². The van der Waals surface area contributed by atoms with Crippen LogP contribution >= 0.6 is 0 Å². The third-order valence-electron chi connectivity index (χ3n) is 4.26. The van der Waals surface area contributed by atoms with E-state index in [1.807, 2.05) is 0 Å². The Balaban J connectivity index is 1.79. The van der Waals surface area contributed by atoms with Crippen molar-refractivity contribution in [3.05, 3.63) is 36.0 Å². The molecule has 1 fully saturated rings. The topological polar surface area (TPSA) is 117 Å². The third kappa shape index (κ3) is 3.86. The van der Waals surface area contributed by atoms with Crippen molar-refractivity contribution < 1.29 is 17.7 Å². The van der Waals surface area contributed by atoms with Gasteiger partial charge in [-0.2, -0.15) is 4.98 Å². The maximum absolute atomic E-state index is 12.7. The molecule has 26 heavy (non-hydrogen) atoms. The molecule has 0 bridgehead atoms. The molecule has 0 aliphatic carbocycles. The molecule has 1 aliphatic heterocycles. The van der Waals surface area contributed by atoms with Gasteiger partial charge < -0.3 is 14.7 Å². The molecule has 0 unspecified atom stereocenters. The van der Waals surface area contributed by atoms with Gasteiger partial charge in [-0.1, -0.05) is 11.2 Å². The van der Waals surface area contributed by atoms with Gasteiger partial charge in [-0.15, -0.1) is 0 Å². The Hall–Kier alpha value is -2.46. The number of piperidine rings is 1. The first-order chi connectivity index (χ1) is 12.4. The van der Waals surface area contributed by atoms with Crippen LogP contribution in [0.1, 0.15) is 37.0 Å². The van der Waals surface area contributed by atoms with Gasteiger partial charge in [-0.3, -0.25) is 0 Å². The molecular formula is C16H21N5O4S. The summed E-state index contributed by atoms with van der Waals surface area (Å²) in [5.41, 5.74) is 0.400. The zero-order valence-electron chi connectivity index (χ0n) is 14.6. The van der Waals surface area contributed by atoms with Crippen molar-refractivity contribution >= 4 is 21.7 Å². The first kappa shape index (κ1) is 18.3. The summed E-state index contributed by atoms with van der Waals surface area (Å²) >= 11 is 0. The molecule has 0 spiro atoms. The van der Waals surface area contributed by atoms with Crippen LogP contribution in [0, 0.1) is 6.92 Å². The lowest BCUT2D eigenvalue weighted by atomic mass is 10.0. The number of carbonyl (C=O) groups excluding carboxylic acids is 1. The van der Waals surface area contributed by atoms with E-state index in [4.69, 9.17) is 4.52 Å². The standard InChI is InChI=1S/C16H21N5O4S/c1-11-18-15(25-20-11)14-8-3-4-9-21(14)16(22)19-12-6-5-7-13(10-12)26(23,24)17-2/h5-7,10,14,17H,3-4,8-9H2,1-2H3,(H,19,22)/t14-/m1/s1. The minimum absolute atomic E-state index is 0.0838. The van der Waals surface area contributed by atoms with Crippen LogP contribution in [0.25, 0.3) is 0 Å². The smallest absolute Gasteiger partial charge is 0.322 e. The van der Waals surface area contributed by atoms with Crippen molar-refractivity contribution in [2.75, 3.05) is 18.9 Å². The van der Waals surface area contributed by atoms with Crippen molar-refractivity contribution in [1.29, 1.82) is 0 Å². The number of hydrogen-bond acceptors (Lipinski definition) is 6. The van der Waals surface area contributed by atoms with E-state index >= 15 is 0 Å². The third-order valence-corrected chi connectivity index (χ3v) is 5.67. The van der Waals surface area contributed by atoms with Gasteiger partial charge in [-0.05, 0) is 51.4 Å².